The molecule has 0 amide bonds. The van der Waals surface area contributed by atoms with Crippen molar-refractivity contribution in [2.75, 3.05) is 0 Å². The van der Waals surface area contributed by atoms with Crippen molar-refractivity contribution in [1.82, 2.24) is 5.32 Å². The molecule has 3 heteroatoms. The summed E-state index contributed by atoms with van der Waals surface area (Å²) in [6, 6.07) is 9.68. The van der Waals surface area contributed by atoms with Crippen LogP contribution in [0.1, 0.15) is 19.4 Å². The summed E-state index contributed by atoms with van der Waals surface area (Å²) < 4.78 is 0. The molecule has 0 radical (unpaired) electrons. The van der Waals surface area contributed by atoms with Gasteiger partial charge in [-0.3, -0.25) is 0 Å². The van der Waals surface area contributed by atoms with Crippen LogP contribution in [-0.2, 0) is 11.3 Å². The molecule has 1 aromatic rings. The molecule has 0 fully saturated rings. The van der Waals surface area contributed by atoms with Gasteiger partial charge < -0.3 is 15.8 Å². The molecule has 88 valence electrons. The molecule has 0 bridgehead atoms. The molecular formula is C13H20N2O. The number of aldehydes is 1. The number of nitrogens with one attached hydrogen (secondary N) is 1. The van der Waals surface area contributed by atoms with E-state index in [9.17, 15) is 4.79 Å². The van der Waals surface area contributed by atoms with Crippen LogP contribution in [0.25, 0.3) is 0 Å². The molecule has 0 aliphatic heterocycles. The summed E-state index contributed by atoms with van der Waals surface area (Å²) in [5.74, 6) is 0.337. The van der Waals surface area contributed by atoms with Gasteiger partial charge in [-0.05, 0) is 11.5 Å². The van der Waals surface area contributed by atoms with E-state index in [0.29, 0.717) is 5.92 Å². The molecule has 3 nitrogen and oxygen atoms in total. The molecule has 1 rings (SSSR count). The minimum absolute atomic E-state index is 0.0257. The largest absolute Gasteiger partial charge is 0.320 e. The normalized spacial score (nSPS) is 14.8. The second-order valence-electron chi connectivity index (χ2n) is 4.35. The SMILES string of the molecule is CC(C)C(NCc1ccccc1)C(N)C=O. The monoisotopic (exact) mass is 220 g/mol. The highest BCUT2D eigenvalue weighted by molar-refractivity contribution is 5.58. The van der Waals surface area contributed by atoms with Gasteiger partial charge in [0.25, 0.3) is 0 Å². The maximum absolute atomic E-state index is 10.7. The molecule has 16 heavy (non-hydrogen) atoms. The Bertz CT molecular complexity index is 311. The lowest BCUT2D eigenvalue weighted by Gasteiger charge is -2.25. The zero-order chi connectivity index (χ0) is 12.0. The van der Waals surface area contributed by atoms with Crippen LogP contribution in [0.2, 0.25) is 0 Å². The summed E-state index contributed by atoms with van der Waals surface area (Å²) in [6.45, 7) is 4.86. The lowest BCUT2D eigenvalue weighted by Crippen LogP contribution is -2.49. The van der Waals surface area contributed by atoms with Gasteiger partial charge in [0.05, 0.1) is 6.04 Å². The number of carbonyl (C=O) groups excluding carboxylic acids is 1. The summed E-state index contributed by atoms with van der Waals surface area (Å²) in [5, 5.41) is 3.33. The number of rotatable bonds is 6. The zero-order valence-electron chi connectivity index (χ0n) is 9.89. The first-order valence-corrected chi connectivity index (χ1v) is 5.63. The molecule has 0 spiro atoms. The van der Waals surface area contributed by atoms with E-state index in [0.717, 1.165) is 12.8 Å². The van der Waals surface area contributed by atoms with Crippen LogP contribution in [0.4, 0.5) is 0 Å². The molecule has 1 aromatic carbocycles. The first-order valence-electron chi connectivity index (χ1n) is 5.63. The first-order chi connectivity index (χ1) is 7.65. The van der Waals surface area contributed by atoms with Crippen molar-refractivity contribution in [3.05, 3.63) is 35.9 Å². The molecule has 0 aliphatic rings. The highest BCUT2D eigenvalue weighted by atomic mass is 16.1. The Morgan fingerprint density at radius 3 is 2.44 bits per heavy atom. The van der Waals surface area contributed by atoms with Crippen LogP contribution >= 0.6 is 0 Å². The summed E-state index contributed by atoms with van der Waals surface area (Å²) in [7, 11) is 0. The van der Waals surface area contributed by atoms with E-state index < -0.39 is 6.04 Å². The summed E-state index contributed by atoms with van der Waals surface area (Å²) >= 11 is 0. The Morgan fingerprint density at radius 2 is 1.94 bits per heavy atom. The molecule has 3 N–H and O–H groups in total. The van der Waals surface area contributed by atoms with Gasteiger partial charge in [-0.1, -0.05) is 44.2 Å². The Kier molecular flexibility index (Phi) is 5.15. The van der Waals surface area contributed by atoms with E-state index in [1.54, 1.807) is 0 Å². The third kappa shape index (κ3) is 3.76. The highest BCUT2D eigenvalue weighted by Crippen LogP contribution is 2.06. The molecular weight excluding hydrogens is 200 g/mol. The second kappa shape index (κ2) is 6.40. The van der Waals surface area contributed by atoms with E-state index in [1.165, 1.54) is 5.56 Å². The van der Waals surface area contributed by atoms with Gasteiger partial charge in [-0.2, -0.15) is 0 Å². The molecule has 0 aromatic heterocycles. The van der Waals surface area contributed by atoms with Gasteiger partial charge >= 0.3 is 0 Å². The molecule has 0 heterocycles. The van der Waals surface area contributed by atoms with E-state index in [2.05, 4.69) is 31.3 Å². The van der Waals surface area contributed by atoms with Crippen molar-refractivity contribution < 1.29 is 4.79 Å². The average Bonchev–Trinajstić information content (AvgIpc) is 2.30. The van der Waals surface area contributed by atoms with Gasteiger partial charge in [0, 0.05) is 12.6 Å². The summed E-state index contributed by atoms with van der Waals surface area (Å²) in [6.07, 6.45) is 0.808. The van der Waals surface area contributed by atoms with E-state index in [1.807, 2.05) is 18.2 Å². The van der Waals surface area contributed by atoms with E-state index in [-0.39, 0.29) is 6.04 Å². The Hall–Kier alpha value is -1.19. The predicted octanol–water partition coefficient (Wildman–Crippen LogP) is 1.33. The quantitative estimate of drug-likeness (QED) is 0.711. The van der Waals surface area contributed by atoms with Gasteiger partial charge in [0.1, 0.15) is 6.29 Å². The second-order valence-corrected chi connectivity index (χ2v) is 4.35. The number of nitrogens with two attached hydrogens (primary N) is 1. The van der Waals surface area contributed by atoms with Gasteiger partial charge in [-0.25, -0.2) is 0 Å². The van der Waals surface area contributed by atoms with Crippen LogP contribution in [0.5, 0.6) is 0 Å². The molecule has 0 saturated carbocycles. The third-order valence-corrected chi connectivity index (χ3v) is 2.67. The van der Waals surface area contributed by atoms with Crippen LogP contribution in [0, 0.1) is 5.92 Å². The van der Waals surface area contributed by atoms with Gasteiger partial charge in [-0.15, -0.1) is 0 Å². The third-order valence-electron chi connectivity index (χ3n) is 2.67. The smallest absolute Gasteiger partial charge is 0.138 e. The Labute approximate surface area is 97.0 Å². The van der Waals surface area contributed by atoms with Crippen LogP contribution < -0.4 is 11.1 Å². The minimum atomic E-state index is -0.441. The standard InChI is InChI=1S/C13H20N2O/c1-10(2)13(12(14)9-16)15-8-11-6-4-3-5-7-11/h3-7,9-10,12-13,15H,8,14H2,1-2H3. The van der Waals surface area contributed by atoms with E-state index in [4.69, 9.17) is 5.73 Å². The first kappa shape index (κ1) is 12.9. The number of hydrogen-bond donors (Lipinski definition) is 2. The van der Waals surface area contributed by atoms with E-state index >= 15 is 0 Å². The molecule has 2 atom stereocenters. The number of hydrogen-bond acceptors (Lipinski definition) is 3. The van der Waals surface area contributed by atoms with Crippen LogP contribution in [0.3, 0.4) is 0 Å². The summed E-state index contributed by atoms with van der Waals surface area (Å²) in [5.41, 5.74) is 6.95. The Balaban J connectivity index is 2.54. The number of benzene rings is 1. The minimum Gasteiger partial charge on any atom is -0.320 e. The predicted molar refractivity (Wildman–Crippen MR) is 65.9 cm³/mol. The van der Waals surface area contributed by atoms with Crippen molar-refractivity contribution in [2.24, 2.45) is 11.7 Å². The molecule has 2 unspecified atom stereocenters. The fourth-order valence-electron chi connectivity index (χ4n) is 1.73. The Morgan fingerprint density at radius 1 is 1.31 bits per heavy atom. The van der Waals surface area contributed by atoms with Crippen molar-refractivity contribution in [3.8, 4) is 0 Å². The highest BCUT2D eigenvalue weighted by Gasteiger charge is 2.19. The average molecular weight is 220 g/mol. The lowest BCUT2D eigenvalue weighted by atomic mass is 9.97. The van der Waals surface area contributed by atoms with Gasteiger partial charge in [0.2, 0.25) is 0 Å². The summed E-state index contributed by atoms with van der Waals surface area (Å²) in [4.78, 5) is 10.7. The number of carbonyl (C=O) groups is 1. The molecule has 0 saturated heterocycles. The maximum Gasteiger partial charge on any atom is 0.138 e. The van der Waals surface area contributed by atoms with Crippen molar-refractivity contribution in [2.45, 2.75) is 32.5 Å². The van der Waals surface area contributed by atoms with Gasteiger partial charge in [0.15, 0.2) is 0 Å². The lowest BCUT2D eigenvalue weighted by molar-refractivity contribution is -0.109. The maximum atomic E-state index is 10.7. The van der Waals surface area contributed by atoms with Crippen LogP contribution in [0.15, 0.2) is 30.3 Å². The molecule has 0 aliphatic carbocycles. The zero-order valence-corrected chi connectivity index (χ0v) is 9.89. The topological polar surface area (TPSA) is 55.1 Å². The fraction of sp³-hybridized carbons (Fsp3) is 0.462. The van der Waals surface area contributed by atoms with Crippen LogP contribution in [-0.4, -0.2) is 18.4 Å². The van der Waals surface area contributed by atoms with Crippen molar-refractivity contribution in [3.63, 3.8) is 0 Å². The van der Waals surface area contributed by atoms with Crippen molar-refractivity contribution in [1.29, 1.82) is 0 Å². The van der Waals surface area contributed by atoms with Crippen molar-refractivity contribution >= 4 is 6.29 Å². The fourth-order valence-corrected chi connectivity index (χ4v) is 1.73.